The summed E-state index contributed by atoms with van der Waals surface area (Å²) in [6, 6.07) is 9.82. The van der Waals surface area contributed by atoms with E-state index in [4.69, 9.17) is 11.5 Å². The van der Waals surface area contributed by atoms with Gasteiger partial charge in [0, 0.05) is 51.5 Å². The third kappa shape index (κ3) is 5.91. The summed E-state index contributed by atoms with van der Waals surface area (Å²) in [5.41, 5.74) is 12.3. The van der Waals surface area contributed by atoms with Gasteiger partial charge in [0.1, 0.15) is 5.82 Å². The Labute approximate surface area is 235 Å². The molecule has 0 radical (unpaired) electrons. The zero-order valence-corrected chi connectivity index (χ0v) is 23.8. The van der Waals surface area contributed by atoms with E-state index in [0.717, 1.165) is 55.9 Å². The Bertz CT molecular complexity index is 1270. The minimum absolute atomic E-state index is 0.139. The first-order chi connectivity index (χ1) is 19.1. The number of carbonyl (C=O) groups excluding carboxylic acids is 2. The zero-order chi connectivity index (χ0) is 28.6. The summed E-state index contributed by atoms with van der Waals surface area (Å²) in [5.74, 6) is 2.37. The van der Waals surface area contributed by atoms with Gasteiger partial charge in [0.25, 0.3) is 0 Å². The molecule has 11 nitrogen and oxygen atoms in total. The van der Waals surface area contributed by atoms with Crippen LogP contribution in [0.3, 0.4) is 0 Å². The van der Waals surface area contributed by atoms with Crippen molar-refractivity contribution in [1.82, 2.24) is 24.3 Å². The number of hydrogen-bond donors (Lipinski definition) is 3. The number of amides is 3. The van der Waals surface area contributed by atoms with Gasteiger partial charge in [-0.25, -0.2) is 9.59 Å². The topological polar surface area (TPSA) is 143 Å². The summed E-state index contributed by atoms with van der Waals surface area (Å²) in [6.45, 7) is 10.3. The number of benzene rings is 1. The van der Waals surface area contributed by atoms with Crippen molar-refractivity contribution in [2.45, 2.75) is 45.2 Å². The molecule has 2 aliphatic heterocycles. The van der Waals surface area contributed by atoms with Crippen LogP contribution in [-0.4, -0.2) is 93.6 Å². The summed E-state index contributed by atoms with van der Waals surface area (Å²) < 4.78 is 1.47. The first-order valence-corrected chi connectivity index (χ1v) is 14.4. The van der Waals surface area contributed by atoms with Crippen LogP contribution in [0.15, 0.2) is 41.3 Å². The fraction of sp³-hybridized carbons (Fsp3) is 0.586. The molecule has 3 aliphatic rings. The Morgan fingerprint density at radius 3 is 2.23 bits per heavy atom. The number of anilines is 1. The van der Waals surface area contributed by atoms with E-state index < -0.39 is 11.2 Å². The lowest BCUT2D eigenvalue weighted by Gasteiger charge is -2.37. The molecule has 2 saturated heterocycles. The van der Waals surface area contributed by atoms with Crippen LogP contribution in [0.25, 0.3) is 5.69 Å². The number of aromatic nitrogens is 2. The lowest BCUT2D eigenvalue weighted by Crippen LogP contribution is -2.58. The van der Waals surface area contributed by atoms with Crippen LogP contribution in [0, 0.1) is 17.8 Å². The molecule has 1 aromatic carbocycles. The van der Waals surface area contributed by atoms with Crippen molar-refractivity contribution in [3.8, 4) is 5.69 Å². The summed E-state index contributed by atoms with van der Waals surface area (Å²) in [7, 11) is 0. The molecular formula is C29H42N8O3. The van der Waals surface area contributed by atoms with E-state index >= 15 is 0 Å². The number of piperidine rings is 1. The second-order valence-corrected chi connectivity index (χ2v) is 12.0. The van der Waals surface area contributed by atoms with Gasteiger partial charge in [-0.3, -0.25) is 19.6 Å². The van der Waals surface area contributed by atoms with Gasteiger partial charge in [-0.1, -0.05) is 19.1 Å². The molecule has 3 heterocycles. The van der Waals surface area contributed by atoms with Crippen molar-refractivity contribution in [1.29, 1.82) is 0 Å². The van der Waals surface area contributed by atoms with Gasteiger partial charge in [-0.2, -0.15) is 4.98 Å². The van der Waals surface area contributed by atoms with Crippen molar-refractivity contribution >= 4 is 17.8 Å². The molecule has 3 amide bonds. The van der Waals surface area contributed by atoms with Gasteiger partial charge in [0.2, 0.25) is 5.91 Å². The highest BCUT2D eigenvalue weighted by Gasteiger charge is 2.55. The third-order valence-corrected chi connectivity index (χ3v) is 8.79. The number of rotatable bonds is 8. The molecule has 0 spiro atoms. The molecule has 216 valence electrons. The summed E-state index contributed by atoms with van der Waals surface area (Å²) in [5, 5.41) is 2.70. The molecule has 5 N–H and O–H groups in total. The van der Waals surface area contributed by atoms with Gasteiger partial charge < -0.3 is 21.3 Å². The van der Waals surface area contributed by atoms with Crippen LogP contribution in [0.5, 0.6) is 0 Å². The Kier molecular flexibility index (Phi) is 7.98. The van der Waals surface area contributed by atoms with Crippen molar-refractivity contribution in [3.05, 3.63) is 52.6 Å². The van der Waals surface area contributed by atoms with Crippen molar-refractivity contribution in [3.63, 3.8) is 0 Å². The zero-order valence-electron chi connectivity index (χ0n) is 23.8. The van der Waals surface area contributed by atoms with Crippen molar-refractivity contribution < 1.29 is 9.59 Å². The molecule has 1 aromatic heterocycles. The maximum atomic E-state index is 12.8. The number of hydrogen-bond acceptors (Lipinski definition) is 7. The van der Waals surface area contributed by atoms with Gasteiger partial charge in [0.05, 0.1) is 11.2 Å². The predicted octanol–water partition coefficient (Wildman–Crippen LogP) is 1.10. The van der Waals surface area contributed by atoms with Gasteiger partial charge in [0.15, 0.2) is 0 Å². The fourth-order valence-corrected chi connectivity index (χ4v) is 6.30. The highest BCUT2D eigenvalue weighted by atomic mass is 16.2. The molecule has 2 unspecified atom stereocenters. The standard InChI is InChI=1S/C29H42N8O3/c1-4-20(36-17-23-22(16-30)24(23)18-36)15-19-5-7-21(8-6-19)37-10-9-25(33-28(37)40)32-27(39)35-13-11-34(12-14-35)26(38)29(2,3)31/h5-10,20,22-24H,4,11-18,30-31H2,1-3H3,(H,32,33,39,40)/t20?,22?,23-,24+. The smallest absolute Gasteiger partial charge is 0.338 e. The Balaban J connectivity index is 1.15. The average Bonchev–Trinajstić information content (AvgIpc) is 3.41. The molecule has 40 heavy (non-hydrogen) atoms. The lowest BCUT2D eigenvalue weighted by atomic mass is 10.0. The third-order valence-electron chi connectivity index (χ3n) is 8.79. The molecule has 11 heteroatoms. The number of piperazine rings is 1. The maximum absolute atomic E-state index is 12.8. The normalized spacial score (nSPS) is 23.6. The minimum atomic E-state index is -0.945. The molecule has 1 saturated carbocycles. The second-order valence-electron chi connectivity index (χ2n) is 12.0. The Morgan fingerprint density at radius 2 is 1.68 bits per heavy atom. The number of urea groups is 1. The SMILES string of the molecule is CCC(Cc1ccc(-n2ccc(NC(=O)N3CCN(C(=O)C(C)(C)N)CC3)nc2=O)cc1)N1C[C@@H]2C(CN)[C@@H]2C1. The van der Waals surface area contributed by atoms with E-state index in [1.807, 2.05) is 12.1 Å². The van der Waals surface area contributed by atoms with Crippen LogP contribution < -0.4 is 22.5 Å². The van der Waals surface area contributed by atoms with Crippen LogP contribution in [0.4, 0.5) is 10.6 Å². The Hall–Kier alpha value is -3.28. The van der Waals surface area contributed by atoms with Gasteiger partial charge in [-0.15, -0.1) is 0 Å². The molecule has 0 bridgehead atoms. The maximum Gasteiger partial charge on any atom is 0.354 e. The predicted molar refractivity (Wildman–Crippen MR) is 154 cm³/mol. The second kappa shape index (κ2) is 11.3. The number of nitrogens with one attached hydrogen (secondary N) is 1. The minimum Gasteiger partial charge on any atom is -0.338 e. The number of fused-ring (bicyclic) bond motifs is 1. The van der Waals surface area contributed by atoms with Crippen LogP contribution in [-0.2, 0) is 11.2 Å². The summed E-state index contributed by atoms with van der Waals surface area (Å²) in [4.78, 5) is 47.9. The first-order valence-electron chi connectivity index (χ1n) is 14.4. The quantitative estimate of drug-likeness (QED) is 0.447. The van der Waals surface area contributed by atoms with E-state index in [2.05, 4.69) is 34.3 Å². The van der Waals surface area contributed by atoms with E-state index in [1.54, 1.807) is 35.9 Å². The van der Waals surface area contributed by atoms with Crippen LogP contribution in [0.1, 0.15) is 32.8 Å². The van der Waals surface area contributed by atoms with Gasteiger partial charge >= 0.3 is 11.7 Å². The molecule has 4 atom stereocenters. The molecule has 3 fully saturated rings. The fourth-order valence-electron chi connectivity index (χ4n) is 6.30. The largest absolute Gasteiger partial charge is 0.354 e. The summed E-state index contributed by atoms with van der Waals surface area (Å²) in [6.07, 6.45) is 3.71. The first kappa shape index (κ1) is 28.3. The molecule has 2 aromatic rings. The monoisotopic (exact) mass is 550 g/mol. The van der Waals surface area contributed by atoms with Crippen LogP contribution in [0.2, 0.25) is 0 Å². The average molecular weight is 551 g/mol. The summed E-state index contributed by atoms with van der Waals surface area (Å²) >= 11 is 0. The van der Waals surface area contributed by atoms with E-state index in [1.165, 1.54) is 10.1 Å². The number of likely N-dealkylation sites (tertiary alicyclic amines) is 1. The van der Waals surface area contributed by atoms with Crippen molar-refractivity contribution in [2.24, 2.45) is 29.2 Å². The molecule has 5 rings (SSSR count). The molecule has 1 aliphatic carbocycles. The van der Waals surface area contributed by atoms with Gasteiger partial charge in [-0.05, 0) is 74.8 Å². The van der Waals surface area contributed by atoms with E-state index in [9.17, 15) is 14.4 Å². The van der Waals surface area contributed by atoms with E-state index in [-0.39, 0.29) is 17.8 Å². The van der Waals surface area contributed by atoms with Crippen molar-refractivity contribution in [2.75, 3.05) is 51.1 Å². The lowest BCUT2D eigenvalue weighted by molar-refractivity contribution is -0.137. The highest BCUT2D eigenvalue weighted by Crippen LogP contribution is 2.51. The number of carbonyl (C=O) groups is 2. The number of nitrogens with zero attached hydrogens (tertiary/aromatic N) is 5. The Morgan fingerprint density at radius 1 is 1.05 bits per heavy atom. The van der Waals surface area contributed by atoms with Crippen LogP contribution >= 0.6 is 0 Å². The number of nitrogens with two attached hydrogens (primary N) is 2. The molecular weight excluding hydrogens is 508 g/mol. The van der Waals surface area contributed by atoms with E-state index in [0.29, 0.717) is 32.2 Å². The highest BCUT2D eigenvalue weighted by molar-refractivity contribution is 5.89.